The molecule has 2 aromatic carbocycles. The number of benzene rings is 2. The number of alkyl halides is 3. The molecule has 0 unspecified atom stereocenters. The number of urea groups is 1. The summed E-state index contributed by atoms with van der Waals surface area (Å²) in [7, 11) is 1.55. The molecule has 0 atom stereocenters. The number of carbonyl (C=O) groups excluding carboxylic acids is 1. The lowest BCUT2D eigenvalue weighted by atomic mass is 10.2. The molecule has 2 rings (SSSR count). The predicted molar refractivity (Wildman–Crippen MR) is 92.0 cm³/mol. The van der Waals surface area contributed by atoms with Gasteiger partial charge >= 0.3 is 12.2 Å². The minimum Gasteiger partial charge on any atom is -0.497 e. The summed E-state index contributed by atoms with van der Waals surface area (Å²) >= 11 is 5.52. The number of hydrogen-bond acceptors (Lipinski definition) is 3. The predicted octanol–water partition coefficient (Wildman–Crippen LogP) is 4.57. The van der Waals surface area contributed by atoms with Crippen LogP contribution in [0.1, 0.15) is 5.56 Å². The highest BCUT2D eigenvalue weighted by molar-refractivity contribution is 6.31. The third-order valence-electron chi connectivity index (χ3n) is 3.25. The Hall–Kier alpha value is -2.61. The second kappa shape index (κ2) is 8.66. The third-order valence-corrected chi connectivity index (χ3v) is 3.58. The van der Waals surface area contributed by atoms with Crippen molar-refractivity contribution in [3.8, 4) is 11.5 Å². The van der Waals surface area contributed by atoms with Crippen LogP contribution in [0.25, 0.3) is 0 Å². The molecule has 0 aliphatic rings. The van der Waals surface area contributed by atoms with Crippen molar-refractivity contribution in [3.63, 3.8) is 0 Å². The van der Waals surface area contributed by atoms with E-state index in [4.69, 9.17) is 21.1 Å². The van der Waals surface area contributed by atoms with Crippen molar-refractivity contribution < 1.29 is 27.4 Å². The van der Waals surface area contributed by atoms with Crippen molar-refractivity contribution in [1.82, 2.24) is 5.32 Å². The molecule has 0 bridgehead atoms. The molecule has 0 fully saturated rings. The maximum absolute atomic E-state index is 12.8. The van der Waals surface area contributed by atoms with E-state index in [0.717, 1.165) is 12.1 Å². The molecular weight excluding hydrogens is 373 g/mol. The Morgan fingerprint density at radius 2 is 1.77 bits per heavy atom. The van der Waals surface area contributed by atoms with Gasteiger partial charge in [-0.2, -0.15) is 13.2 Å². The molecular formula is C17H16ClF3N2O3. The van der Waals surface area contributed by atoms with Gasteiger partial charge in [-0.1, -0.05) is 11.6 Å². The van der Waals surface area contributed by atoms with Crippen LogP contribution >= 0.6 is 11.6 Å². The maximum Gasteiger partial charge on any atom is 0.417 e. The lowest BCUT2D eigenvalue weighted by Gasteiger charge is -2.12. The van der Waals surface area contributed by atoms with Crippen LogP contribution < -0.4 is 20.1 Å². The summed E-state index contributed by atoms with van der Waals surface area (Å²) in [6, 6.07) is 9.37. The Morgan fingerprint density at radius 3 is 2.38 bits per heavy atom. The van der Waals surface area contributed by atoms with Gasteiger partial charge in [-0.3, -0.25) is 0 Å². The van der Waals surface area contributed by atoms with E-state index in [1.807, 2.05) is 0 Å². The summed E-state index contributed by atoms with van der Waals surface area (Å²) in [6.45, 7) is 0.353. The fourth-order valence-electron chi connectivity index (χ4n) is 2.00. The van der Waals surface area contributed by atoms with Crippen LogP contribution in [0.3, 0.4) is 0 Å². The topological polar surface area (TPSA) is 59.6 Å². The molecule has 2 amide bonds. The van der Waals surface area contributed by atoms with Gasteiger partial charge in [0.1, 0.15) is 18.1 Å². The number of ether oxygens (including phenoxy) is 2. The molecule has 0 saturated carbocycles. The fourth-order valence-corrected chi connectivity index (χ4v) is 2.23. The maximum atomic E-state index is 12.8. The molecule has 5 nitrogen and oxygen atoms in total. The van der Waals surface area contributed by atoms with Crippen LogP contribution in [-0.4, -0.2) is 26.3 Å². The van der Waals surface area contributed by atoms with Crippen molar-refractivity contribution in [1.29, 1.82) is 0 Å². The molecule has 0 heterocycles. The molecule has 0 saturated heterocycles. The average Bonchev–Trinajstić information content (AvgIpc) is 2.60. The SMILES string of the molecule is COc1ccc(OCCNC(=O)Nc2ccc(Cl)c(C(F)(F)F)c2)cc1. The van der Waals surface area contributed by atoms with Crippen molar-refractivity contribution >= 4 is 23.3 Å². The number of carbonyl (C=O) groups is 1. The van der Waals surface area contributed by atoms with Crippen molar-refractivity contribution in [2.45, 2.75) is 6.18 Å². The van der Waals surface area contributed by atoms with Gasteiger partial charge in [-0.25, -0.2) is 4.79 Å². The smallest absolute Gasteiger partial charge is 0.417 e. The molecule has 2 N–H and O–H groups in total. The Morgan fingerprint density at radius 1 is 1.12 bits per heavy atom. The second-order valence-electron chi connectivity index (χ2n) is 5.10. The number of amides is 2. The number of rotatable bonds is 6. The highest BCUT2D eigenvalue weighted by Gasteiger charge is 2.33. The van der Waals surface area contributed by atoms with Crippen LogP contribution in [0.2, 0.25) is 5.02 Å². The van der Waals surface area contributed by atoms with Gasteiger partial charge in [0.25, 0.3) is 0 Å². The van der Waals surface area contributed by atoms with Crippen molar-refractivity contribution in [3.05, 3.63) is 53.1 Å². The van der Waals surface area contributed by atoms with E-state index in [1.165, 1.54) is 6.07 Å². The Bertz CT molecular complexity index is 752. The Labute approximate surface area is 153 Å². The quantitative estimate of drug-likeness (QED) is 0.713. The van der Waals surface area contributed by atoms with E-state index in [9.17, 15) is 18.0 Å². The highest BCUT2D eigenvalue weighted by Crippen LogP contribution is 2.36. The van der Waals surface area contributed by atoms with Crippen LogP contribution in [0, 0.1) is 0 Å². The van der Waals surface area contributed by atoms with Crippen LogP contribution in [-0.2, 0) is 6.18 Å². The van der Waals surface area contributed by atoms with Crippen molar-refractivity contribution in [2.75, 3.05) is 25.6 Å². The van der Waals surface area contributed by atoms with E-state index in [2.05, 4.69) is 10.6 Å². The van der Waals surface area contributed by atoms with Gasteiger partial charge in [0.15, 0.2) is 0 Å². The number of anilines is 1. The molecule has 2 aromatic rings. The summed E-state index contributed by atoms with van der Waals surface area (Å²) in [6.07, 6.45) is -4.60. The zero-order valence-electron chi connectivity index (χ0n) is 13.7. The zero-order valence-corrected chi connectivity index (χ0v) is 14.4. The molecule has 0 radical (unpaired) electrons. The summed E-state index contributed by atoms with van der Waals surface area (Å²) in [5.41, 5.74) is -1.03. The number of hydrogen-bond donors (Lipinski definition) is 2. The fraction of sp³-hybridized carbons (Fsp3) is 0.235. The molecule has 0 aromatic heterocycles. The van der Waals surface area contributed by atoms with E-state index >= 15 is 0 Å². The van der Waals surface area contributed by atoms with Crippen LogP contribution in [0.4, 0.5) is 23.7 Å². The minimum absolute atomic E-state index is 0.0182. The highest BCUT2D eigenvalue weighted by atomic mass is 35.5. The first kappa shape index (κ1) is 19.7. The monoisotopic (exact) mass is 388 g/mol. The molecule has 0 spiro atoms. The van der Waals surface area contributed by atoms with Crippen molar-refractivity contribution in [2.24, 2.45) is 0 Å². The number of nitrogens with one attached hydrogen (secondary N) is 2. The molecule has 0 aliphatic heterocycles. The first-order valence-electron chi connectivity index (χ1n) is 7.48. The molecule has 140 valence electrons. The van der Waals surface area contributed by atoms with Gasteiger partial charge in [-0.15, -0.1) is 0 Å². The first-order valence-corrected chi connectivity index (χ1v) is 7.86. The Balaban J connectivity index is 1.80. The lowest BCUT2D eigenvalue weighted by molar-refractivity contribution is -0.137. The standard InChI is InChI=1S/C17H16ClF3N2O3/c1-25-12-3-5-13(6-4-12)26-9-8-22-16(24)23-11-2-7-15(18)14(10-11)17(19,20)21/h2-7,10H,8-9H2,1H3,(H2,22,23,24). The largest absolute Gasteiger partial charge is 0.497 e. The molecule has 26 heavy (non-hydrogen) atoms. The summed E-state index contributed by atoms with van der Waals surface area (Å²) < 4.78 is 48.8. The van der Waals surface area contributed by atoms with Crippen LogP contribution in [0.5, 0.6) is 11.5 Å². The minimum atomic E-state index is -4.60. The second-order valence-corrected chi connectivity index (χ2v) is 5.50. The van der Waals surface area contributed by atoms with E-state index in [0.29, 0.717) is 11.5 Å². The summed E-state index contributed by atoms with van der Waals surface area (Å²) in [5.74, 6) is 1.29. The summed E-state index contributed by atoms with van der Waals surface area (Å²) in [4.78, 5) is 11.7. The Kier molecular flexibility index (Phi) is 6.57. The van der Waals surface area contributed by atoms with Gasteiger partial charge in [0.05, 0.1) is 24.2 Å². The number of methoxy groups -OCH3 is 1. The molecule has 9 heteroatoms. The van der Waals surface area contributed by atoms with E-state index in [-0.39, 0.29) is 18.8 Å². The van der Waals surface area contributed by atoms with Gasteiger partial charge in [-0.05, 0) is 42.5 Å². The summed E-state index contributed by atoms with van der Waals surface area (Å²) in [5, 5.41) is 4.36. The number of halogens is 4. The third kappa shape index (κ3) is 5.73. The van der Waals surface area contributed by atoms with Gasteiger partial charge in [0.2, 0.25) is 0 Å². The average molecular weight is 389 g/mol. The van der Waals surface area contributed by atoms with E-state index < -0.39 is 22.8 Å². The van der Waals surface area contributed by atoms with Gasteiger partial charge in [0, 0.05) is 5.69 Å². The first-order chi connectivity index (χ1) is 12.3. The zero-order chi connectivity index (χ0) is 19.2. The van der Waals surface area contributed by atoms with Gasteiger partial charge < -0.3 is 20.1 Å². The normalized spacial score (nSPS) is 11.0. The van der Waals surface area contributed by atoms with E-state index in [1.54, 1.807) is 31.4 Å². The lowest BCUT2D eigenvalue weighted by Crippen LogP contribution is -2.32. The molecule has 0 aliphatic carbocycles. The van der Waals surface area contributed by atoms with Crippen LogP contribution in [0.15, 0.2) is 42.5 Å².